The van der Waals surface area contributed by atoms with E-state index in [0.29, 0.717) is 0 Å². The zero-order chi connectivity index (χ0) is 15.5. The van der Waals surface area contributed by atoms with E-state index in [9.17, 15) is 0 Å². The molecule has 0 N–H and O–H groups in total. The molecular weight excluding hydrogens is 321 g/mol. The number of hydrogen-bond acceptors (Lipinski definition) is 1. The number of nitrogens with zero attached hydrogens (tertiary/aromatic N) is 3. The van der Waals surface area contributed by atoms with Crippen molar-refractivity contribution < 1.29 is 0 Å². The first-order valence-corrected chi connectivity index (χ1v) is 9.41. The van der Waals surface area contributed by atoms with Gasteiger partial charge >= 0.3 is 0 Å². The van der Waals surface area contributed by atoms with Gasteiger partial charge in [-0.3, -0.25) is 13.0 Å². The molecule has 0 aliphatic rings. The number of rotatable bonds is 5. The third-order valence-electron chi connectivity index (χ3n) is 3.44. The van der Waals surface area contributed by atoms with E-state index in [2.05, 4.69) is 111 Å². The van der Waals surface area contributed by atoms with Crippen LogP contribution in [0.2, 0.25) is 0 Å². The predicted molar refractivity (Wildman–Crippen MR) is 97.0 cm³/mol. The molecule has 0 amide bonds. The molecule has 114 valence electrons. The summed E-state index contributed by atoms with van der Waals surface area (Å²) in [5.41, 5.74) is 0. The Morgan fingerprint density at radius 3 is 1.83 bits per heavy atom. The second-order valence-electron chi connectivity index (χ2n) is 5.00. The molecule has 0 aliphatic carbocycles. The Hall–Kier alpha value is -2.16. The van der Waals surface area contributed by atoms with E-state index in [1.165, 1.54) is 9.92 Å². The van der Waals surface area contributed by atoms with Crippen molar-refractivity contribution in [2.24, 2.45) is 0 Å². The van der Waals surface area contributed by atoms with E-state index < -0.39 is 8.37 Å². The topological polar surface area (TPSA) is 14.8 Å². The fraction of sp³-hybridized carbons (Fsp3) is 0. The molecule has 0 saturated heterocycles. The Labute approximate surface area is 141 Å². The maximum absolute atomic E-state index is 2.35. The van der Waals surface area contributed by atoms with Crippen molar-refractivity contribution in [3.63, 3.8) is 0 Å². The van der Waals surface area contributed by atoms with E-state index in [1.54, 1.807) is 11.8 Å². The highest BCUT2D eigenvalue weighted by atomic mass is 32.2. The second-order valence-corrected chi connectivity index (χ2v) is 7.99. The Morgan fingerprint density at radius 2 is 1.22 bits per heavy atom. The fourth-order valence-electron chi connectivity index (χ4n) is 2.43. The van der Waals surface area contributed by atoms with Crippen LogP contribution in [0.15, 0.2) is 108 Å². The van der Waals surface area contributed by atoms with Gasteiger partial charge in [0.05, 0.1) is 5.03 Å². The molecule has 3 heterocycles. The average molecular weight is 337 g/mol. The van der Waals surface area contributed by atoms with E-state index in [4.69, 9.17) is 0 Å². The van der Waals surface area contributed by atoms with Crippen molar-refractivity contribution in [2.45, 2.75) is 9.92 Å². The minimum absolute atomic E-state index is 0.723. The molecule has 1 aromatic carbocycles. The third kappa shape index (κ3) is 3.00. The van der Waals surface area contributed by atoms with E-state index in [0.717, 1.165) is 0 Å². The second kappa shape index (κ2) is 6.53. The van der Waals surface area contributed by atoms with Crippen LogP contribution in [-0.4, -0.2) is 13.0 Å². The molecule has 4 rings (SSSR count). The van der Waals surface area contributed by atoms with Crippen molar-refractivity contribution in [1.29, 1.82) is 0 Å². The van der Waals surface area contributed by atoms with Crippen molar-refractivity contribution in [3.8, 4) is 0 Å². The van der Waals surface area contributed by atoms with Crippen LogP contribution in [0.4, 0.5) is 0 Å². The summed E-state index contributed by atoms with van der Waals surface area (Å²) in [6, 6.07) is 23.1. The van der Waals surface area contributed by atoms with Gasteiger partial charge < -0.3 is 0 Å². The van der Waals surface area contributed by atoms with Crippen LogP contribution in [0, 0.1) is 0 Å². The lowest BCUT2D eigenvalue weighted by Crippen LogP contribution is -2.06. The van der Waals surface area contributed by atoms with Crippen molar-refractivity contribution in [2.75, 3.05) is 0 Å². The standard InChI is InChI=1S/C18H16N3PS/c1-2-9-17(10-3-1)23-18-11-8-16-21(18)22(19-12-4-5-13-19)20-14-6-7-15-20/h1-16H. The van der Waals surface area contributed by atoms with Gasteiger partial charge in [-0.25, -0.2) is 0 Å². The van der Waals surface area contributed by atoms with E-state index in [-0.39, 0.29) is 0 Å². The van der Waals surface area contributed by atoms with Gasteiger partial charge in [-0.15, -0.1) is 0 Å². The normalized spacial score (nSPS) is 11.2. The molecule has 0 unspecified atom stereocenters. The van der Waals surface area contributed by atoms with Crippen molar-refractivity contribution in [3.05, 3.63) is 97.7 Å². The maximum atomic E-state index is 2.35. The number of benzene rings is 1. The van der Waals surface area contributed by atoms with E-state index in [1.807, 2.05) is 0 Å². The highest BCUT2D eigenvalue weighted by Crippen LogP contribution is 2.45. The Balaban J connectivity index is 1.75. The van der Waals surface area contributed by atoms with Crippen LogP contribution in [0.25, 0.3) is 0 Å². The highest BCUT2D eigenvalue weighted by Gasteiger charge is 2.17. The third-order valence-corrected chi connectivity index (χ3v) is 6.72. The zero-order valence-electron chi connectivity index (χ0n) is 12.4. The van der Waals surface area contributed by atoms with Gasteiger partial charge in [-0.1, -0.05) is 30.0 Å². The summed E-state index contributed by atoms with van der Waals surface area (Å²) < 4.78 is 6.89. The van der Waals surface area contributed by atoms with Gasteiger partial charge in [-0.05, 0) is 48.5 Å². The molecule has 5 heteroatoms. The largest absolute Gasteiger partial charge is 0.298 e. The predicted octanol–water partition coefficient (Wildman–Crippen LogP) is 5.41. The first kappa shape index (κ1) is 14.4. The first-order valence-electron chi connectivity index (χ1n) is 7.39. The lowest BCUT2D eigenvalue weighted by molar-refractivity contribution is 0.987. The number of hydrogen-bond donors (Lipinski definition) is 0. The Bertz CT molecular complexity index is 817. The monoisotopic (exact) mass is 337 g/mol. The van der Waals surface area contributed by atoms with Crippen LogP contribution in [-0.2, 0) is 0 Å². The quantitative estimate of drug-likeness (QED) is 0.444. The molecule has 0 atom stereocenters. The molecule has 3 nitrogen and oxygen atoms in total. The molecule has 0 bridgehead atoms. The molecule has 0 aliphatic heterocycles. The summed E-state index contributed by atoms with van der Waals surface area (Å²) in [6.07, 6.45) is 10.7. The van der Waals surface area contributed by atoms with Crippen LogP contribution < -0.4 is 0 Å². The Morgan fingerprint density at radius 1 is 0.609 bits per heavy atom. The summed E-state index contributed by atoms with van der Waals surface area (Å²) >= 11 is 1.80. The summed E-state index contributed by atoms with van der Waals surface area (Å²) in [5, 5.41) is 1.24. The Kier molecular flexibility index (Phi) is 4.10. The van der Waals surface area contributed by atoms with Gasteiger partial charge in [0.15, 0.2) is 0 Å². The molecule has 23 heavy (non-hydrogen) atoms. The van der Waals surface area contributed by atoms with Gasteiger partial charge in [0.1, 0.15) is 0 Å². The fourth-order valence-corrected chi connectivity index (χ4v) is 5.51. The van der Waals surface area contributed by atoms with Crippen LogP contribution in [0.5, 0.6) is 0 Å². The molecule has 0 saturated carbocycles. The summed E-state index contributed by atoms with van der Waals surface area (Å²) in [4.78, 5) is 1.25. The summed E-state index contributed by atoms with van der Waals surface area (Å²) in [7, 11) is -0.723. The first-order chi connectivity index (χ1) is 11.4. The highest BCUT2D eigenvalue weighted by molar-refractivity contribution is 7.99. The zero-order valence-corrected chi connectivity index (χ0v) is 14.1. The molecule has 0 fully saturated rings. The van der Waals surface area contributed by atoms with Gasteiger partial charge in [0.2, 0.25) is 8.37 Å². The van der Waals surface area contributed by atoms with Gasteiger partial charge in [-0.2, -0.15) is 0 Å². The van der Waals surface area contributed by atoms with E-state index >= 15 is 0 Å². The average Bonchev–Trinajstić information content (AvgIpc) is 3.33. The summed E-state index contributed by atoms with van der Waals surface area (Å²) in [5.74, 6) is 0. The summed E-state index contributed by atoms with van der Waals surface area (Å²) in [6.45, 7) is 0. The molecule has 3 aromatic heterocycles. The lowest BCUT2D eigenvalue weighted by atomic mass is 10.4. The van der Waals surface area contributed by atoms with Crippen LogP contribution in [0.1, 0.15) is 0 Å². The molecule has 0 spiro atoms. The molecule has 4 aromatic rings. The SMILES string of the molecule is c1ccc(Sc2cccn2P(n2cccc2)n2cccc2)cc1. The van der Waals surface area contributed by atoms with Crippen molar-refractivity contribution in [1.82, 2.24) is 13.0 Å². The van der Waals surface area contributed by atoms with Crippen LogP contribution >= 0.6 is 20.1 Å². The van der Waals surface area contributed by atoms with Gasteiger partial charge in [0.25, 0.3) is 0 Å². The molecular formula is C18H16N3PS. The minimum Gasteiger partial charge on any atom is -0.298 e. The van der Waals surface area contributed by atoms with Crippen LogP contribution in [0.3, 0.4) is 0 Å². The van der Waals surface area contributed by atoms with Gasteiger partial charge in [0, 0.05) is 35.9 Å². The number of aromatic nitrogens is 3. The van der Waals surface area contributed by atoms with Crippen molar-refractivity contribution >= 4 is 20.1 Å². The smallest absolute Gasteiger partial charge is 0.220 e. The minimum atomic E-state index is -0.723. The molecule has 0 radical (unpaired) electrons. The lowest BCUT2D eigenvalue weighted by Gasteiger charge is -2.23. The maximum Gasteiger partial charge on any atom is 0.220 e.